The minimum absolute atomic E-state index is 0.00333. The van der Waals surface area contributed by atoms with Crippen molar-refractivity contribution in [3.05, 3.63) is 70.2 Å². The van der Waals surface area contributed by atoms with Gasteiger partial charge in [0, 0.05) is 11.1 Å². The Bertz CT molecular complexity index is 494. The summed E-state index contributed by atoms with van der Waals surface area (Å²) in [7, 11) is 0. The van der Waals surface area contributed by atoms with Crippen LogP contribution in [0.15, 0.2) is 48.5 Å². The van der Waals surface area contributed by atoms with Crippen molar-refractivity contribution in [2.24, 2.45) is 5.73 Å². The van der Waals surface area contributed by atoms with E-state index in [1.165, 1.54) is 5.56 Å². The lowest BCUT2D eigenvalue weighted by molar-refractivity contribution is 0.722. The highest BCUT2D eigenvalue weighted by Crippen LogP contribution is 2.23. The van der Waals surface area contributed by atoms with Crippen LogP contribution in [-0.4, -0.2) is 0 Å². The van der Waals surface area contributed by atoms with E-state index in [-0.39, 0.29) is 6.04 Å². The third-order valence-electron chi connectivity index (χ3n) is 2.88. The number of aryl methyl sites for hydroxylation is 1. The van der Waals surface area contributed by atoms with Gasteiger partial charge in [0.2, 0.25) is 0 Å². The van der Waals surface area contributed by atoms with Crippen molar-refractivity contribution >= 4 is 11.6 Å². The van der Waals surface area contributed by atoms with Crippen LogP contribution in [0.4, 0.5) is 0 Å². The normalized spacial score (nSPS) is 12.4. The van der Waals surface area contributed by atoms with Crippen molar-refractivity contribution in [2.75, 3.05) is 0 Å². The van der Waals surface area contributed by atoms with Crippen molar-refractivity contribution < 1.29 is 0 Å². The van der Waals surface area contributed by atoms with Gasteiger partial charge in [0.1, 0.15) is 0 Å². The molecule has 0 fully saturated rings. The number of benzene rings is 2. The lowest BCUT2D eigenvalue weighted by Gasteiger charge is -2.13. The molecular weight excluding hydrogens is 230 g/mol. The highest BCUT2D eigenvalue weighted by atomic mass is 35.5. The topological polar surface area (TPSA) is 26.0 Å². The number of nitrogens with two attached hydrogens (primary N) is 1. The molecule has 0 aliphatic rings. The molecule has 0 bridgehead atoms. The van der Waals surface area contributed by atoms with Gasteiger partial charge in [0.25, 0.3) is 0 Å². The van der Waals surface area contributed by atoms with Crippen LogP contribution in [0, 0.1) is 6.92 Å². The summed E-state index contributed by atoms with van der Waals surface area (Å²) in [6.07, 6.45) is 0.767. The maximum absolute atomic E-state index is 6.21. The molecule has 1 nitrogen and oxygen atoms in total. The molecule has 2 rings (SSSR count). The van der Waals surface area contributed by atoms with Crippen LogP contribution in [0.3, 0.4) is 0 Å². The van der Waals surface area contributed by atoms with Crippen molar-refractivity contribution in [1.29, 1.82) is 0 Å². The second kappa shape index (κ2) is 5.35. The quantitative estimate of drug-likeness (QED) is 0.872. The van der Waals surface area contributed by atoms with Gasteiger partial charge in [-0.25, -0.2) is 0 Å². The number of hydrogen-bond donors (Lipinski definition) is 1. The summed E-state index contributed by atoms with van der Waals surface area (Å²) in [5, 5.41) is 0.802. The van der Waals surface area contributed by atoms with Gasteiger partial charge >= 0.3 is 0 Å². The Kier molecular flexibility index (Phi) is 3.82. The van der Waals surface area contributed by atoms with Gasteiger partial charge in [0.15, 0.2) is 0 Å². The number of halogens is 1. The van der Waals surface area contributed by atoms with Crippen LogP contribution < -0.4 is 5.73 Å². The maximum atomic E-state index is 6.21. The van der Waals surface area contributed by atoms with Crippen molar-refractivity contribution in [3.8, 4) is 0 Å². The fourth-order valence-electron chi connectivity index (χ4n) is 1.87. The summed E-state index contributed by atoms with van der Waals surface area (Å²) in [4.78, 5) is 0. The summed E-state index contributed by atoms with van der Waals surface area (Å²) in [5.41, 5.74) is 9.60. The van der Waals surface area contributed by atoms with E-state index in [0.29, 0.717) is 0 Å². The summed E-state index contributed by atoms with van der Waals surface area (Å²) < 4.78 is 0. The highest BCUT2D eigenvalue weighted by Gasteiger charge is 2.09. The first-order chi connectivity index (χ1) is 8.16. The van der Waals surface area contributed by atoms with Crippen molar-refractivity contribution in [2.45, 2.75) is 19.4 Å². The summed E-state index contributed by atoms with van der Waals surface area (Å²) in [6.45, 7) is 2.03. The van der Waals surface area contributed by atoms with E-state index in [1.54, 1.807) is 0 Å². The maximum Gasteiger partial charge on any atom is 0.0441 e. The fourth-order valence-corrected chi connectivity index (χ4v) is 2.19. The molecule has 1 atom stereocenters. The molecule has 2 aromatic rings. The average Bonchev–Trinajstić information content (AvgIpc) is 2.34. The van der Waals surface area contributed by atoms with E-state index in [9.17, 15) is 0 Å². The molecule has 2 heteroatoms. The third-order valence-corrected chi connectivity index (χ3v) is 3.23. The summed E-state index contributed by atoms with van der Waals surface area (Å²) >= 11 is 6.21. The van der Waals surface area contributed by atoms with Crippen LogP contribution in [0.25, 0.3) is 0 Å². The predicted molar refractivity (Wildman–Crippen MR) is 73.3 cm³/mol. The first-order valence-corrected chi connectivity index (χ1v) is 6.10. The van der Waals surface area contributed by atoms with Gasteiger partial charge < -0.3 is 5.73 Å². The van der Waals surface area contributed by atoms with E-state index in [0.717, 1.165) is 22.6 Å². The molecule has 0 aliphatic heterocycles. The second-order valence-corrected chi connectivity index (χ2v) is 4.72. The lowest BCUT2D eigenvalue weighted by atomic mass is 9.99. The van der Waals surface area contributed by atoms with Crippen LogP contribution in [-0.2, 0) is 6.42 Å². The molecule has 0 saturated carbocycles. The molecule has 0 spiro atoms. The van der Waals surface area contributed by atoms with Gasteiger partial charge in [-0.2, -0.15) is 0 Å². The minimum Gasteiger partial charge on any atom is -0.324 e. The highest BCUT2D eigenvalue weighted by molar-refractivity contribution is 6.31. The monoisotopic (exact) mass is 245 g/mol. The van der Waals surface area contributed by atoms with Crippen molar-refractivity contribution in [3.63, 3.8) is 0 Å². The van der Waals surface area contributed by atoms with Gasteiger partial charge in [-0.05, 0) is 36.1 Å². The Morgan fingerprint density at radius 3 is 2.47 bits per heavy atom. The Morgan fingerprint density at radius 2 is 1.82 bits per heavy atom. The van der Waals surface area contributed by atoms with Crippen LogP contribution in [0.5, 0.6) is 0 Å². The van der Waals surface area contributed by atoms with Crippen molar-refractivity contribution in [1.82, 2.24) is 0 Å². The average molecular weight is 246 g/mol. The molecule has 2 aromatic carbocycles. The van der Waals surface area contributed by atoms with Crippen LogP contribution in [0.1, 0.15) is 22.7 Å². The van der Waals surface area contributed by atoms with E-state index in [1.807, 2.05) is 43.3 Å². The summed E-state index contributed by atoms with van der Waals surface area (Å²) in [6, 6.07) is 16.2. The standard InChI is InChI=1S/C15H16ClN/c1-11-7-8-13(14(16)9-11)10-15(17)12-5-3-2-4-6-12/h2-9,15H,10,17H2,1H3. The molecule has 0 radical (unpaired) electrons. The molecule has 88 valence electrons. The SMILES string of the molecule is Cc1ccc(CC(N)c2ccccc2)c(Cl)c1. The first-order valence-electron chi connectivity index (χ1n) is 5.72. The first kappa shape index (κ1) is 12.2. The van der Waals surface area contributed by atoms with Gasteiger partial charge in [-0.1, -0.05) is 54.1 Å². The molecular formula is C15H16ClN. The third kappa shape index (κ3) is 3.09. The van der Waals surface area contributed by atoms with E-state index < -0.39 is 0 Å². The van der Waals surface area contributed by atoms with E-state index in [4.69, 9.17) is 17.3 Å². The number of hydrogen-bond acceptors (Lipinski definition) is 1. The van der Waals surface area contributed by atoms with Gasteiger partial charge in [-0.3, -0.25) is 0 Å². The number of rotatable bonds is 3. The van der Waals surface area contributed by atoms with Gasteiger partial charge in [0.05, 0.1) is 0 Å². The zero-order valence-corrected chi connectivity index (χ0v) is 10.6. The second-order valence-electron chi connectivity index (χ2n) is 4.32. The van der Waals surface area contributed by atoms with Crippen LogP contribution >= 0.6 is 11.6 Å². The lowest BCUT2D eigenvalue weighted by Crippen LogP contribution is -2.13. The molecule has 2 N–H and O–H groups in total. The zero-order valence-electron chi connectivity index (χ0n) is 9.86. The Hall–Kier alpha value is -1.31. The predicted octanol–water partition coefficient (Wildman–Crippen LogP) is 3.89. The Labute approximate surface area is 107 Å². The minimum atomic E-state index is -0.00333. The Balaban J connectivity index is 2.16. The zero-order chi connectivity index (χ0) is 12.3. The smallest absolute Gasteiger partial charge is 0.0441 e. The molecule has 0 amide bonds. The molecule has 0 aliphatic carbocycles. The molecule has 1 unspecified atom stereocenters. The van der Waals surface area contributed by atoms with Crippen LogP contribution in [0.2, 0.25) is 5.02 Å². The molecule has 0 saturated heterocycles. The van der Waals surface area contributed by atoms with Gasteiger partial charge in [-0.15, -0.1) is 0 Å². The van der Waals surface area contributed by atoms with E-state index >= 15 is 0 Å². The summed E-state index contributed by atoms with van der Waals surface area (Å²) in [5.74, 6) is 0. The molecule has 0 heterocycles. The molecule has 17 heavy (non-hydrogen) atoms. The molecule has 0 aromatic heterocycles. The van der Waals surface area contributed by atoms with E-state index in [2.05, 4.69) is 12.1 Å². The largest absolute Gasteiger partial charge is 0.324 e. The Morgan fingerprint density at radius 1 is 1.12 bits per heavy atom. The fraction of sp³-hybridized carbons (Fsp3) is 0.200.